The number of rotatable bonds is 4. The summed E-state index contributed by atoms with van der Waals surface area (Å²) in [5.74, 6) is 0.552. The maximum absolute atomic E-state index is 13.5. The molecule has 0 fully saturated rings. The largest absolute Gasteiger partial charge is 0.378 e. The van der Waals surface area contributed by atoms with Crippen LogP contribution in [0.3, 0.4) is 0 Å². The van der Waals surface area contributed by atoms with E-state index in [-0.39, 0.29) is 22.8 Å². The lowest BCUT2D eigenvalue weighted by Gasteiger charge is -2.38. The van der Waals surface area contributed by atoms with E-state index >= 15 is 0 Å². The molecule has 8 nitrogen and oxygen atoms in total. The van der Waals surface area contributed by atoms with E-state index in [2.05, 4.69) is 53.6 Å². The first-order valence-corrected chi connectivity index (χ1v) is 11.3. The van der Waals surface area contributed by atoms with Gasteiger partial charge in [-0.3, -0.25) is 20.0 Å². The number of allylic oxidation sites excluding steroid dienone is 2. The molecule has 1 aliphatic carbocycles. The molecule has 34 heavy (non-hydrogen) atoms. The van der Waals surface area contributed by atoms with Crippen LogP contribution in [0.2, 0.25) is 0 Å². The molecule has 2 aromatic carbocycles. The number of hydrogen-bond donors (Lipinski definition) is 2. The highest BCUT2D eigenvalue weighted by Gasteiger charge is 2.42. The van der Waals surface area contributed by atoms with Gasteiger partial charge in [0.25, 0.3) is 5.69 Å². The minimum atomic E-state index is -0.414. The van der Waals surface area contributed by atoms with Gasteiger partial charge in [-0.2, -0.15) is 5.10 Å². The number of ketones is 1. The van der Waals surface area contributed by atoms with Crippen LogP contribution in [0.15, 0.2) is 59.8 Å². The summed E-state index contributed by atoms with van der Waals surface area (Å²) in [5.41, 5.74) is 6.12. The predicted molar refractivity (Wildman–Crippen MR) is 132 cm³/mol. The highest BCUT2D eigenvalue weighted by Crippen LogP contribution is 2.51. The minimum Gasteiger partial charge on any atom is -0.378 e. The molecule has 0 saturated carbocycles. The van der Waals surface area contributed by atoms with Crippen LogP contribution in [0, 0.1) is 15.5 Å². The predicted octanol–water partition coefficient (Wildman–Crippen LogP) is 5.25. The standard InChI is InChI=1S/C26H27N5O3/c1-26(2)13-19-22(20(32)14-26)21(15-5-9-17(10-6-15)30(3)4)23-24(28-29-25(23)27-19)16-7-11-18(12-8-16)31(33)34/h5-12,21H,13-14H2,1-4H3,(H2,27,28,29)/t21-/m0/s1. The second-order valence-corrected chi connectivity index (χ2v) is 10.0. The molecule has 1 aliphatic heterocycles. The van der Waals surface area contributed by atoms with Crippen LogP contribution in [-0.2, 0) is 4.79 Å². The number of nitro benzene ring substituents is 1. The lowest BCUT2D eigenvalue weighted by molar-refractivity contribution is -0.384. The van der Waals surface area contributed by atoms with Gasteiger partial charge in [-0.15, -0.1) is 0 Å². The van der Waals surface area contributed by atoms with Crippen LogP contribution in [0.4, 0.5) is 17.2 Å². The number of anilines is 2. The van der Waals surface area contributed by atoms with Crippen molar-refractivity contribution in [3.63, 3.8) is 0 Å². The van der Waals surface area contributed by atoms with Crippen LogP contribution < -0.4 is 10.2 Å². The van der Waals surface area contributed by atoms with Gasteiger partial charge in [0.05, 0.1) is 10.6 Å². The summed E-state index contributed by atoms with van der Waals surface area (Å²) in [4.78, 5) is 26.2. The maximum atomic E-state index is 13.5. The molecule has 1 aromatic heterocycles. The van der Waals surface area contributed by atoms with Gasteiger partial charge in [0.2, 0.25) is 0 Å². The lowest BCUT2D eigenvalue weighted by Crippen LogP contribution is -2.33. The number of benzene rings is 2. The molecule has 3 aromatic rings. The minimum absolute atomic E-state index is 0.0285. The summed E-state index contributed by atoms with van der Waals surface area (Å²) in [6, 6.07) is 14.7. The number of nitrogens with one attached hydrogen (secondary N) is 2. The van der Waals surface area contributed by atoms with Crippen molar-refractivity contribution < 1.29 is 9.72 Å². The molecule has 174 valence electrons. The van der Waals surface area contributed by atoms with Crippen molar-refractivity contribution >= 4 is 23.0 Å². The Kier molecular flexibility index (Phi) is 5.04. The number of aromatic nitrogens is 2. The molecule has 0 spiro atoms. The summed E-state index contributed by atoms with van der Waals surface area (Å²) in [7, 11) is 3.99. The highest BCUT2D eigenvalue weighted by atomic mass is 16.6. The van der Waals surface area contributed by atoms with Crippen molar-refractivity contribution in [1.29, 1.82) is 0 Å². The first kappa shape index (κ1) is 21.9. The second-order valence-electron chi connectivity index (χ2n) is 10.0. The first-order chi connectivity index (χ1) is 16.1. The SMILES string of the molecule is CN(C)c1ccc([C@H]2C3=C(CC(C)(C)CC3=O)Nc3n[nH]c(-c4ccc([N+](=O)[O-])cc4)c32)cc1. The number of nitro groups is 1. The van der Waals surface area contributed by atoms with E-state index in [1.807, 2.05) is 19.0 Å². The number of aromatic amines is 1. The summed E-state index contributed by atoms with van der Waals surface area (Å²) >= 11 is 0. The van der Waals surface area contributed by atoms with E-state index < -0.39 is 4.92 Å². The van der Waals surface area contributed by atoms with Crippen molar-refractivity contribution in [3.8, 4) is 11.3 Å². The van der Waals surface area contributed by atoms with E-state index in [1.54, 1.807) is 12.1 Å². The molecule has 8 heteroatoms. The number of nitrogens with zero attached hydrogens (tertiary/aromatic N) is 3. The number of hydrogen-bond acceptors (Lipinski definition) is 6. The molecular weight excluding hydrogens is 430 g/mol. The van der Waals surface area contributed by atoms with E-state index in [0.717, 1.165) is 45.8 Å². The highest BCUT2D eigenvalue weighted by molar-refractivity contribution is 6.02. The number of carbonyl (C=O) groups excluding carboxylic acids is 1. The Hall–Kier alpha value is -3.94. The fourth-order valence-electron chi connectivity index (χ4n) is 5.06. The van der Waals surface area contributed by atoms with E-state index in [9.17, 15) is 14.9 Å². The van der Waals surface area contributed by atoms with Gasteiger partial charge in [0.15, 0.2) is 11.6 Å². The molecule has 2 N–H and O–H groups in total. The Bertz CT molecular complexity index is 1320. The molecule has 2 aliphatic rings. The molecule has 5 rings (SSSR count). The Morgan fingerprint density at radius 1 is 1.06 bits per heavy atom. The Morgan fingerprint density at radius 3 is 2.35 bits per heavy atom. The van der Waals surface area contributed by atoms with Crippen molar-refractivity contribution in [1.82, 2.24) is 10.2 Å². The topological polar surface area (TPSA) is 104 Å². The van der Waals surface area contributed by atoms with Crippen LogP contribution in [0.5, 0.6) is 0 Å². The first-order valence-electron chi connectivity index (χ1n) is 11.3. The Balaban J connectivity index is 1.68. The number of Topliss-reactive ketones (excluding diaryl/α,β-unsaturated/α-hetero) is 1. The summed E-state index contributed by atoms with van der Waals surface area (Å²) in [6.07, 6.45) is 1.25. The monoisotopic (exact) mass is 457 g/mol. The Labute approximate surface area is 197 Å². The summed E-state index contributed by atoms with van der Waals surface area (Å²) in [5, 5.41) is 22.2. The third-order valence-corrected chi connectivity index (χ3v) is 6.68. The summed E-state index contributed by atoms with van der Waals surface area (Å²) < 4.78 is 0. The van der Waals surface area contributed by atoms with Crippen LogP contribution in [0.1, 0.15) is 43.7 Å². The molecule has 2 heterocycles. The average molecular weight is 458 g/mol. The zero-order valence-corrected chi connectivity index (χ0v) is 19.7. The van der Waals surface area contributed by atoms with Gasteiger partial charge in [0.1, 0.15) is 0 Å². The number of fused-ring (bicyclic) bond motifs is 1. The molecule has 0 saturated heterocycles. The maximum Gasteiger partial charge on any atom is 0.269 e. The zero-order chi connectivity index (χ0) is 24.2. The van der Waals surface area contributed by atoms with Crippen molar-refractivity contribution in [2.45, 2.75) is 32.6 Å². The second kappa shape index (κ2) is 7.83. The number of H-pyrrole nitrogens is 1. The van der Waals surface area contributed by atoms with E-state index in [1.165, 1.54) is 12.1 Å². The Morgan fingerprint density at radius 2 is 1.74 bits per heavy atom. The van der Waals surface area contributed by atoms with Crippen LogP contribution in [0.25, 0.3) is 11.3 Å². The quantitative estimate of drug-likeness (QED) is 0.410. The van der Waals surface area contributed by atoms with Crippen molar-refractivity contribution in [2.75, 3.05) is 24.3 Å². The third-order valence-electron chi connectivity index (χ3n) is 6.68. The van der Waals surface area contributed by atoms with Crippen molar-refractivity contribution in [3.05, 3.63) is 81.0 Å². The molecule has 0 radical (unpaired) electrons. The fourth-order valence-corrected chi connectivity index (χ4v) is 5.06. The van der Waals surface area contributed by atoms with E-state index in [4.69, 9.17) is 0 Å². The zero-order valence-electron chi connectivity index (χ0n) is 19.7. The van der Waals surface area contributed by atoms with Gasteiger partial charge < -0.3 is 10.2 Å². The van der Waals surface area contributed by atoms with Crippen molar-refractivity contribution in [2.24, 2.45) is 5.41 Å². The van der Waals surface area contributed by atoms with Gasteiger partial charge >= 0.3 is 0 Å². The lowest BCUT2D eigenvalue weighted by atomic mass is 9.69. The molecule has 0 bridgehead atoms. The number of non-ortho nitro benzene ring substituents is 1. The average Bonchev–Trinajstić information content (AvgIpc) is 3.20. The van der Waals surface area contributed by atoms with E-state index in [0.29, 0.717) is 12.2 Å². The molecular formula is C26H27N5O3. The fraction of sp³-hybridized carbons (Fsp3) is 0.308. The van der Waals surface area contributed by atoms with Crippen LogP contribution in [-0.4, -0.2) is 35.0 Å². The summed E-state index contributed by atoms with van der Waals surface area (Å²) in [6.45, 7) is 4.22. The normalized spacial score (nSPS) is 18.7. The smallest absolute Gasteiger partial charge is 0.269 e. The number of carbonyl (C=O) groups is 1. The van der Waals surface area contributed by atoms with Gasteiger partial charge in [-0.25, -0.2) is 0 Å². The third kappa shape index (κ3) is 3.65. The van der Waals surface area contributed by atoms with Crippen LogP contribution >= 0.6 is 0 Å². The molecule has 1 atom stereocenters. The molecule has 0 unspecified atom stereocenters. The van der Waals surface area contributed by atoms with Gasteiger partial charge in [0, 0.05) is 66.7 Å². The molecule has 0 amide bonds. The van der Waals surface area contributed by atoms with Gasteiger partial charge in [-0.05, 0) is 41.7 Å². The van der Waals surface area contributed by atoms with Gasteiger partial charge in [-0.1, -0.05) is 26.0 Å².